The first-order chi connectivity index (χ1) is 12.9. The summed E-state index contributed by atoms with van der Waals surface area (Å²) in [5, 5.41) is 5.92. The van der Waals surface area contributed by atoms with Gasteiger partial charge in [-0.3, -0.25) is 10.1 Å². The number of anilines is 1. The van der Waals surface area contributed by atoms with Crippen molar-refractivity contribution in [2.45, 2.75) is 6.18 Å². The van der Waals surface area contributed by atoms with E-state index in [0.29, 0.717) is 17.0 Å². The quantitative estimate of drug-likeness (QED) is 0.568. The normalized spacial score (nSPS) is 11.7. The number of nitrogens with one attached hydrogen (secondary N) is 2. The van der Waals surface area contributed by atoms with Gasteiger partial charge in [0.15, 0.2) is 0 Å². The molecule has 27 heavy (non-hydrogen) atoms. The molecule has 0 saturated carbocycles. The molecule has 7 nitrogen and oxygen atoms in total. The minimum atomic E-state index is -4.71. The fraction of sp³-hybridized carbons (Fsp3) is 0.0588. The molecule has 0 radical (unpaired) electrons. The largest absolute Gasteiger partial charge is 0.471 e. The lowest BCUT2D eigenvalue weighted by atomic mass is 10.1. The molecule has 2 aromatic carbocycles. The molecule has 0 aliphatic heterocycles. The minimum absolute atomic E-state index is 0.216. The Kier molecular flexibility index (Phi) is 3.87. The van der Waals surface area contributed by atoms with E-state index in [-0.39, 0.29) is 11.4 Å². The number of alkyl halides is 3. The maximum Gasteiger partial charge on any atom is 0.471 e. The van der Waals surface area contributed by atoms with E-state index >= 15 is 0 Å². The predicted octanol–water partition coefficient (Wildman–Crippen LogP) is 3.88. The number of amides is 1. The van der Waals surface area contributed by atoms with Crippen molar-refractivity contribution >= 4 is 22.9 Å². The number of rotatable bonds is 3. The number of halogens is 3. The Morgan fingerprint density at radius 1 is 1.04 bits per heavy atom. The lowest BCUT2D eigenvalue weighted by Gasteiger charge is -2.02. The minimum Gasteiger partial charge on any atom is -0.329 e. The Hall–Kier alpha value is -3.69. The van der Waals surface area contributed by atoms with Crippen molar-refractivity contribution in [3.05, 3.63) is 60.0 Å². The van der Waals surface area contributed by atoms with Crippen molar-refractivity contribution in [3.8, 4) is 11.4 Å². The highest BCUT2D eigenvalue weighted by Gasteiger charge is 2.38. The van der Waals surface area contributed by atoms with Crippen LogP contribution in [-0.2, 0) is 6.18 Å². The number of hydrogen-bond acceptors (Lipinski definition) is 5. The average Bonchev–Trinajstić information content (AvgIpc) is 3.28. The zero-order valence-corrected chi connectivity index (χ0v) is 13.4. The molecule has 0 aliphatic rings. The standard InChI is InChI=1S/C17H10F3N5O2/c18-17(19,20)15-23-13(25-27-15)9-5-7-10(8-6-9)14(26)24-16-21-11-3-1-2-4-12(11)22-16/h1-8H,(H2,21,22,24,26). The van der Waals surface area contributed by atoms with Crippen LogP contribution >= 0.6 is 0 Å². The molecule has 10 heteroatoms. The number of carbonyl (C=O) groups is 1. The van der Waals surface area contributed by atoms with Gasteiger partial charge in [0, 0.05) is 11.1 Å². The van der Waals surface area contributed by atoms with Gasteiger partial charge < -0.3 is 9.51 Å². The first kappa shape index (κ1) is 16.8. The van der Waals surface area contributed by atoms with Crippen molar-refractivity contribution in [1.29, 1.82) is 0 Å². The Bertz CT molecular complexity index is 1080. The second-order valence-electron chi connectivity index (χ2n) is 5.55. The molecular weight excluding hydrogens is 363 g/mol. The fourth-order valence-electron chi connectivity index (χ4n) is 2.42. The number of aromatic amines is 1. The van der Waals surface area contributed by atoms with Gasteiger partial charge in [-0.15, -0.1) is 0 Å². The molecule has 136 valence electrons. The fourth-order valence-corrected chi connectivity index (χ4v) is 2.42. The van der Waals surface area contributed by atoms with Crippen LogP contribution in [0.15, 0.2) is 53.1 Å². The highest BCUT2D eigenvalue weighted by atomic mass is 19.4. The van der Waals surface area contributed by atoms with Crippen LogP contribution in [0.5, 0.6) is 0 Å². The summed E-state index contributed by atoms with van der Waals surface area (Å²) < 4.78 is 41.7. The van der Waals surface area contributed by atoms with Crippen LogP contribution in [0.25, 0.3) is 22.4 Å². The molecule has 2 N–H and O–H groups in total. The molecular formula is C17H10F3N5O2. The molecule has 0 bridgehead atoms. The summed E-state index contributed by atoms with van der Waals surface area (Å²) in [7, 11) is 0. The summed E-state index contributed by atoms with van der Waals surface area (Å²) in [6, 6.07) is 13.0. The van der Waals surface area contributed by atoms with Gasteiger partial charge in [-0.25, -0.2) is 4.98 Å². The van der Waals surface area contributed by atoms with Crippen molar-refractivity contribution in [3.63, 3.8) is 0 Å². The van der Waals surface area contributed by atoms with Gasteiger partial charge in [0.05, 0.1) is 11.0 Å². The topological polar surface area (TPSA) is 96.7 Å². The average molecular weight is 373 g/mol. The lowest BCUT2D eigenvalue weighted by molar-refractivity contribution is -0.159. The third-order valence-electron chi connectivity index (χ3n) is 3.70. The Labute approximate surface area is 149 Å². The van der Waals surface area contributed by atoms with Crippen LogP contribution in [0.3, 0.4) is 0 Å². The Morgan fingerprint density at radius 2 is 1.78 bits per heavy atom. The molecule has 4 aromatic rings. The van der Waals surface area contributed by atoms with Gasteiger partial charge in [0.1, 0.15) is 0 Å². The summed E-state index contributed by atoms with van der Waals surface area (Å²) in [6.45, 7) is 0. The molecule has 0 fully saturated rings. The van der Waals surface area contributed by atoms with Gasteiger partial charge in [-0.05, 0) is 24.3 Å². The molecule has 0 spiro atoms. The number of H-pyrrole nitrogens is 1. The van der Waals surface area contributed by atoms with E-state index in [0.717, 1.165) is 5.52 Å². The second kappa shape index (κ2) is 6.24. The van der Waals surface area contributed by atoms with Gasteiger partial charge in [0.2, 0.25) is 11.8 Å². The molecule has 0 atom stereocenters. The van der Waals surface area contributed by atoms with Crippen molar-refractivity contribution in [2.75, 3.05) is 5.32 Å². The van der Waals surface area contributed by atoms with Crippen LogP contribution in [0.1, 0.15) is 16.2 Å². The van der Waals surface area contributed by atoms with E-state index < -0.39 is 18.0 Å². The van der Waals surface area contributed by atoms with Crippen molar-refractivity contribution in [2.24, 2.45) is 0 Å². The molecule has 2 aromatic heterocycles. The first-order valence-corrected chi connectivity index (χ1v) is 7.67. The van der Waals surface area contributed by atoms with Crippen LogP contribution in [-0.4, -0.2) is 26.0 Å². The summed E-state index contributed by atoms with van der Waals surface area (Å²) >= 11 is 0. The maximum atomic E-state index is 12.5. The summed E-state index contributed by atoms with van der Waals surface area (Å²) in [5.41, 5.74) is 2.06. The van der Waals surface area contributed by atoms with Crippen LogP contribution in [0.2, 0.25) is 0 Å². The van der Waals surface area contributed by atoms with Gasteiger partial charge >= 0.3 is 12.1 Å². The van der Waals surface area contributed by atoms with Gasteiger partial charge in [0.25, 0.3) is 5.91 Å². The highest BCUT2D eigenvalue weighted by Crippen LogP contribution is 2.29. The summed E-state index contributed by atoms with van der Waals surface area (Å²) in [4.78, 5) is 22.8. The molecule has 0 unspecified atom stereocenters. The van der Waals surface area contributed by atoms with Crippen molar-refractivity contribution < 1.29 is 22.5 Å². The lowest BCUT2D eigenvalue weighted by Crippen LogP contribution is -2.12. The van der Waals surface area contributed by atoms with Gasteiger partial charge in [-0.2, -0.15) is 18.2 Å². The van der Waals surface area contributed by atoms with Crippen LogP contribution in [0, 0.1) is 0 Å². The van der Waals surface area contributed by atoms with Crippen LogP contribution in [0.4, 0.5) is 19.1 Å². The van der Waals surface area contributed by atoms with E-state index in [9.17, 15) is 18.0 Å². The number of aromatic nitrogens is 4. The molecule has 4 rings (SSSR count). The van der Waals surface area contributed by atoms with E-state index in [1.54, 1.807) is 6.07 Å². The first-order valence-electron chi connectivity index (χ1n) is 7.67. The number of carbonyl (C=O) groups excluding carboxylic acids is 1. The SMILES string of the molecule is O=C(Nc1nc2ccccc2[nH]1)c1ccc(-c2noc(C(F)(F)F)n2)cc1. The zero-order chi connectivity index (χ0) is 19.0. The number of imidazole rings is 1. The summed E-state index contributed by atoms with van der Waals surface area (Å²) in [5.74, 6) is -1.78. The van der Waals surface area contributed by atoms with E-state index in [2.05, 4.69) is 29.9 Å². The second-order valence-corrected chi connectivity index (χ2v) is 5.55. The highest BCUT2D eigenvalue weighted by molar-refractivity contribution is 6.04. The number of hydrogen-bond donors (Lipinski definition) is 2. The third-order valence-corrected chi connectivity index (χ3v) is 3.70. The predicted molar refractivity (Wildman–Crippen MR) is 88.8 cm³/mol. The monoisotopic (exact) mass is 373 g/mol. The molecule has 2 heterocycles. The summed E-state index contributed by atoms with van der Waals surface area (Å²) in [6.07, 6.45) is -4.71. The zero-order valence-electron chi connectivity index (χ0n) is 13.4. The number of nitrogens with zero attached hydrogens (tertiary/aromatic N) is 3. The maximum absolute atomic E-state index is 12.5. The Balaban J connectivity index is 1.51. The third kappa shape index (κ3) is 3.36. The number of fused-ring (bicyclic) bond motifs is 1. The van der Waals surface area contributed by atoms with Gasteiger partial charge in [-0.1, -0.05) is 29.4 Å². The van der Waals surface area contributed by atoms with E-state index in [1.165, 1.54) is 24.3 Å². The molecule has 0 saturated heterocycles. The molecule has 1 amide bonds. The van der Waals surface area contributed by atoms with E-state index in [4.69, 9.17) is 0 Å². The van der Waals surface area contributed by atoms with E-state index in [1.807, 2.05) is 18.2 Å². The molecule has 0 aliphatic carbocycles. The number of benzene rings is 2. The number of para-hydroxylation sites is 2. The van der Waals surface area contributed by atoms with Crippen molar-refractivity contribution in [1.82, 2.24) is 20.1 Å². The smallest absolute Gasteiger partial charge is 0.329 e. The Morgan fingerprint density at radius 3 is 2.44 bits per heavy atom. The van der Waals surface area contributed by atoms with Crippen LogP contribution < -0.4 is 5.32 Å².